The van der Waals surface area contributed by atoms with E-state index in [1.165, 1.54) is 11.3 Å². The minimum absolute atomic E-state index is 0.0969. The predicted octanol–water partition coefficient (Wildman–Crippen LogP) is 4.33. The number of hydrogen-bond donors (Lipinski definition) is 1. The molecule has 0 radical (unpaired) electrons. The highest BCUT2D eigenvalue weighted by Gasteiger charge is 2.13. The fourth-order valence-electron chi connectivity index (χ4n) is 1.63. The van der Waals surface area contributed by atoms with E-state index in [1.807, 2.05) is 19.9 Å². The molecule has 0 aliphatic heterocycles. The molecule has 1 aromatic heterocycles. The lowest BCUT2D eigenvalue weighted by Gasteiger charge is -2.05. The Kier molecular flexibility index (Phi) is 4.27. The molecule has 0 unspecified atom stereocenters. The maximum Gasteiger partial charge on any atom is 0.161 e. The highest BCUT2D eigenvalue weighted by molar-refractivity contribution is 7.15. The Morgan fingerprint density at radius 3 is 2.42 bits per heavy atom. The molecule has 0 spiro atoms. The van der Waals surface area contributed by atoms with Crippen molar-refractivity contribution in [2.45, 2.75) is 26.4 Å². The van der Waals surface area contributed by atoms with Crippen molar-refractivity contribution in [3.05, 3.63) is 46.6 Å². The standard InChI is InChI=1S/C14H14F3NS/c1-8(2)18-7-9-3-4-14(19-9)10-5-12(16)13(17)6-11(10)15/h3-6,8,18H,7H2,1-2H3. The van der Waals surface area contributed by atoms with Gasteiger partial charge in [-0.25, -0.2) is 13.2 Å². The van der Waals surface area contributed by atoms with Crippen molar-refractivity contribution in [3.8, 4) is 10.4 Å². The lowest BCUT2D eigenvalue weighted by atomic mass is 10.1. The Morgan fingerprint density at radius 2 is 1.74 bits per heavy atom. The molecule has 5 heteroatoms. The highest BCUT2D eigenvalue weighted by atomic mass is 32.1. The van der Waals surface area contributed by atoms with E-state index in [2.05, 4.69) is 5.32 Å². The monoisotopic (exact) mass is 285 g/mol. The zero-order valence-corrected chi connectivity index (χ0v) is 11.5. The SMILES string of the molecule is CC(C)NCc1ccc(-c2cc(F)c(F)cc2F)s1. The summed E-state index contributed by atoms with van der Waals surface area (Å²) in [5.74, 6) is -2.95. The maximum atomic E-state index is 13.6. The molecule has 1 heterocycles. The van der Waals surface area contributed by atoms with E-state index in [1.54, 1.807) is 6.07 Å². The van der Waals surface area contributed by atoms with E-state index in [0.29, 0.717) is 23.5 Å². The Labute approximate surface area is 114 Å². The second-order valence-corrected chi connectivity index (χ2v) is 5.72. The van der Waals surface area contributed by atoms with Crippen LogP contribution in [0.2, 0.25) is 0 Å². The summed E-state index contributed by atoms with van der Waals surface area (Å²) in [5.41, 5.74) is 0.0969. The first-order chi connectivity index (χ1) is 8.97. The minimum atomic E-state index is -1.17. The number of benzene rings is 1. The third kappa shape index (κ3) is 3.36. The Bertz CT molecular complexity index is 578. The topological polar surface area (TPSA) is 12.0 Å². The summed E-state index contributed by atoms with van der Waals surface area (Å²) >= 11 is 1.37. The van der Waals surface area contributed by atoms with Gasteiger partial charge in [0.2, 0.25) is 0 Å². The van der Waals surface area contributed by atoms with Crippen LogP contribution in [0.1, 0.15) is 18.7 Å². The largest absolute Gasteiger partial charge is 0.310 e. The zero-order valence-electron chi connectivity index (χ0n) is 10.6. The highest BCUT2D eigenvalue weighted by Crippen LogP contribution is 2.31. The molecule has 2 aromatic rings. The van der Waals surface area contributed by atoms with Crippen LogP contribution in [-0.2, 0) is 6.54 Å². The number of rotatable bonds is 4. The third-order valence-corrected chi connectivity index (χ3v) is 3.74. The first kappa shape index (κ1) is 14.1. The van der Waals surface area contributed by atoms with Crippen molar-refractivity contribution < 1.29 is 13.2 Å². The van der Waals surface area contributed by atoms with Gasteiger partial charge in [0, 0.05) is 34.0 Å². The third-order valence-electron chi connectivity index (χ3n) is 2.62. The normalized spacial score (nSPS) is 11.3. The molecule has 0 saturated carbocycles. The van der Waals surface area contributed by atoms with Crippen LogP contribution < -0.4 is 5.32 Å². The summed E-state index contributed by atoms with van der Waals surface area (Å²) in [4.78, 5) is 1.62. The summed E-state index contributed by atoms with van der Waals surface area (Å²) in [6.45, 7) is 4.74. The van der Waals surface area contributed by atoms with Gasteiger partial charge >= 0.3 is 0 Å². The Morgan fingerprint density at radius 1 is 1.05 bits per heavy atom. The van der Waals surface area contributed by atoms with Gasteiger partial charge in [0.1, 0.15) is 5.82 Å². The maximum absolute atomic E-state index is 13.6. The summed E-state index contributed by atoms with van der Waals surface area (Å²) in [5, 5.41) is 3.24. The van der Waals surface area contributed by atoms with Crippen LogP contribution in [0.15, 0.2) is 24.3 Å². The van der Waals surface area contributed by atoms with E-state index in [4.69, 9.17) is 0 Å². The molecule has 1 aromatic carbocycles. The number of halogens is 3. The first-order valence-corrected chi connectivity index (χ1v) is 6.76. The van der Waals surface area contributed by atoms with E-state index in [9.17, 15) is 13.2 Å². The summed E-state index contributed by atoms with van der Waals surface area (Å²) in [6.07, 6.45) is 0. The molecule has 0 atom stereocenters. The molecular weight excluding hydrogens is 271 g/mol. The van der Waals surface area contributed by atoms with Crippen molar-refractivity contribution in [1.29, 1.82) is 0 Å². The van der Waals surface area contributed by atoms with Gasteiger partial charge in [0.15, 0.2) is 11.6 Å². The molecule has 102 valence electrons. The average molecular weight is 285 g/mol. The van der Waals surface area contributed by atoms with Gasteiger partial charge in [0.05, 0.1) is 0 Å². The minimum Gasteiger partial charge on any atom is -0.310 e. The van der Waals surface area contributed by atoms with Crippen LogP contribution in [0, 0.1) is 17.5 Å². The summed E-state index contributed by atoms with van der Waals surface area (Å²) < 4.78 is 39.6. The molecule has 1 nitrogen and oxygen atoms in total. The number of hydrogen-bond acceptors (Lipinski definition) is 2. The fraction of sp³-hybridized carbons (Fsp3) is 0.286. The first-order valence-electron chi connectivity index (χ1n) is 5.94. The molecular formula is C14H14F3NS. The molecule has 2 rings (SSSR count). The lowest BCUT2D eigenvalue weighted by molar-refractivity contribution is 0.496. The molecule has 0 bridgehead atoms. The van der Waals surface area contributed by atoms with Gasteiger partial charge in [-0.05, 0) is 18.2 Å². The van der Waals surface area contributed by atoms with Crippen LogP contribution in [0.4, 0.5) is 13.2 Å². The zero-order chi connectivity index (χ0) is 14.0. The van der Waals surface area contributed by atoms with Crippen LogP contribution >= 0.6 is 11.3 Å². The van der Waals surface area contributed by atoms with Crippen LogP contribution in [0.5, 0.6) is 0 Å². The van der Waals surface area contributed by atoms with Crippen molar-refractivity contribution in [2.24, 2.45) is 0 Å². The summed E-state index contributed by atoms with van der Waals surface area (Å²) in [6, 6.07) is 5.41. The molecule has 0 aliphatic rings. The Hall–Kier alpha value is -1.33. The molecule has 0 aliphatic carbocycles. The molecule has 0 saturated heterocycles. The van der Waals surface area contributed by atoms with Crippen molar-refractivity contribution in [1.82, 2.24) is 5.32 Å². The van der Waals surface area contributed by atoms with Gasteiger partial charge in [-0.1, -0.05) is 13.8 Å². The van der Waals surface area contributed by atoms with Gasteiger partial charge in [-0.2, -0.15) is 0 Å². The fourth-order valence-corrected chi connectivity index (χ4v) is 2.61. The van der Waals surface area contributed by atoms with Crippen LogP contribution in [-0.4, -0.2) is 6.04 Å². The predicted molar refractivity (Wildman–Crippen MR) is 71.6 cm³/mol. The molecule has 0 fully saturated rings. The molecule has 1 N–H and O–H groups in total. The van der Waals surface area contributed by atoms with Crippen molar-refractivity contribution in [3.63, 3.8) is 0 Å². The van der Waals surface area contributed by atoms with Gasteiger partial charge in [-0.15, -0.1) is 11.3 Å². The number of nitrogens with one attached hydrogen (secondary N) is 1. The van der Waals surface area contributed by atoms with Crippen LogP contribution in [0.3, 0.4) is 0 Å². The second-order valence-electron chi connectivity index (χ2n) is 4.55. The Balaban J connectivity index is 2.25. The van der Waals surface area contributed by atoms with Gasteiger partial charge in [0.25, 0.3) is 0 Å². The smallest absolute Gasteiger partial charge is 0.161 e. The van der Waals surface area contributed by atoms with Crippen LogP contribution in [0.25, 0.3) is 10.4 Å². The van der Waals surface area contributed by atoms with E-state index >= 15 is 0 Å². The molecule has 19 heavy (non-hydrogen) atoms. The van der Waals surface area contributed by atoms with Crippen molar-refractivity contribution >= 4 is 11.3 Å². The van der Waals surface area contributed by atoms with E-state index in [0.717, 1.165) is 10.9 Å². The average Bonchev–Trinajstić information content (AvgIpc) is 2.80. The van der Waals surface area contributed by atoms with Gasteiger partial charge < -0.3 is 5.32 Å². The lowest BCUT2D eigenvalue weighted by Crippen LogP contribution is -2.21. The summed E-state index contributed by atoms with van der Waals surface area (Å²) in [7, 11) is 0. The van der Waals surface area contributed by atoms with E-state index < -0.39 is 17.5 Å². The van der Waals surface area contributed by atoms with E-state index in [-0.39, 0.29) is 5.56 Å². The number of thiophene rings is 1. The molecule has 0 amide bonds. The van der Waals surface area contributed by atoms with Gasteiger partial charge in [-0.3, -0.25) is 0 Å². The van der Waals surface area contributed by atoms with Crippen molar-refractivity contribution in [2.75, 3.05) is 0 Å². The second kappa shape index (κ2) is 5.75. The quantitative estimate of drug-likeness (QED) is 0.824.